The van der Waals surface area contributed by atoms with Gasteiger partial charge in [0.1, 0.15) is 15.0 Å². The summed E-state index contributed by atoms with van der Waals surface area (Å²) in [5.41, 5.74) is 0. The Morgan fingerprint density at radius 3 is 2.18 bits per heavy atom. The van der Waals surface area contributed by atoms with Crippen LogP contribution in [0.5, 0.6) is 0 Å². The maximum absolute atomic E-state index is 10.8. The van der Waals surface area contributed by atoms with E-state index in [1.807, 2.05) is 20.8 Å². The minimum Gasteiger partial charge on any atom is -0.595 e. The van der Waals surface area contributed by atoms with E-state index in [1.54, 1.807) is 0 Å². The Labute approximate surface area is 72.7 Å². The first kappa shape index (κ1) is 11.3. The third kappa shape index (κ3) is 2.36. The average Bonchev–Trinajstić information content (AvgIpc) is 2.01. The van der Waals surface area contributed by atoms with Crippen molar-refractivity contribution in [1.82, 2.24) is 0 Å². The molecule has 0 aromatic rings. The Morgan fingerprint density at radius 2 is 2.09 bits per heavy atom. The van der Waals surface area contributed by atoms with Gasteiger partial charge in [0.25, 0.3) is 0 Å². The minimum absolute atomic E-state index is 0.172. The quantitative estimate of drug-likeness (QED) is 0.495. The summed E-state index contributed by atoms with van der Waals surface area (Å²) >= 11 is 0. The molecule has 0 aromatic heterocycles. The molecule has 3 unspecified atom stereocenters. The van der Waals surface area contributed by atoms with E-state index in [9.17, 15) is 9.46 Å². The second-order valence-electron chi connectivity index (χ2n) is 2.84. The molecule has 0 saturated heterocycles. The minimum atomic E-state index is -2.38. The van der Waals surface area contributed by atoms with Crippen LogP contribution in [0.2, 0.25) is 0 Å². The lowest BCUT2D eigenvalue weighted by Crippen LogP contribution is -2.35. The van der Waals surface area contributed by atoms with Crippen LogP contribution in [0.25, 0.3) is 0 Å². The normalized spacial score (nSPS) is 20.6. The van der Waals surface area contributed by atoms with Crippen LogP contribution < -0.4 is 4.89 Å². The Morgan fingerprint density at radius 1 is 1.64 bits per heavy atom. The molecule has 0 bridgehead atoms. The van der Waals surface area contributed by atoms with Gasteiger partial charge in [-0.15, -0.1) is 0 Å². The SMILES string of the molecule is CCC(C)C([Si])(CC)[P+](=O)[O-]. The monoisotopic (exact) mass is 189 g/mol. The van der Waals surface area contributed by atoms with Gasteiger partial charge in [-0.2, -0.15) is 0 Å². The Bertz CT molecular complexity index is 151. The van der Waals surface area contributed by atoms with E-state index in [-0.39, 0.29) is 5.92 Å². The fourth-order valence-electron chi connectivity index (χ4n) is 0.995. The van der Waals surface area contributed by atoms with Gasteiger partial charge >= 0.3 is 8.03 Å². The first-order valence-corrected chi connectivity index (χ1v) is 5.56. The highest BCUT2D eigenvalue weighted by Crippen LogP contribution is 2.39. The van der Waals surface area contributed by atoms with Gasteiger partial charge in [-0.05, 0) is 12.8 Å². The van der Waals surface area contributed by atoms with Gasteiger partial charge in [-0.3, -0.25) is 0 Å². The third-order valence-electron chi connectivity index (χ3n) is 2.29. The van der Waals surface area contributed by atoms with Crippen molar-refractivity contribution < 1.29 is 9.46 Å². The lowest BCUT2D eigenvalue weighted by Gasteiger charge is -2.25. The van der Waals surface area contributed by atoms with Crippen LogP contribution in [-0.4, -0.2) is 15.0 Å². The molecule has 0 heterocycles. The molecule has 0 fully saturated rings. The summed E-state index contributed by atoms with van der Waals surface area (Å²) in [6.45, 7) is 5.82. The van der Waals surface area contributed by atoms with E-state index in [0.29, 0.717) is 6.42 Å². The molecule has 0 aromatic carbocycles. The highest BCUT2D eigenvalue weighted by molar-refractivity contribution is 7.41. The number of hydrogen-bond acceptors (Lipinski definition) is 2. The molecule has 3 radical (unpaired) electrons. The summed E-state index contributed by atoms with van der Waals surface area (Å²) < 4.78 is 10.2. The van der Waals surface area contributed by atoms with Crippen LogP contribution in [0, 0.1) is 5.92 Å². The van der Waals surface area contributed by atoms with E-state index in [0.717, 1.165) is 6.42 Å². The maximum Gasteiger partial charge on any atom is 0.310 e. The highest BCUT2D eigenvalue weighted by Gasteiger charge is 2.40. The summed E-state index contributed by atoms with van der Waals surface area (Å²) in [6, 6.07) is 0. The van der Waals surface area contributed by atoms with Crippen molar-refractivity contribution in [2.45, 2.75) is 38.4 Å². The Kier molecular flexibility index (Phi) is 4.45. The van der Waals surface area contributed by atoms with Crippen molar-refractivity contribution in [3.8, 4) is 0 Å². The van der Waals surface area contributed by atoms with Crippen molar-refractivity contribution in [2.24, 2.45) is 5.92 Å². The molecule has 0 aliphatic rings. The molecule has 0 saturated carbocycles. The van der Waals surface area contributed by atoms with Crippen molar-refractivity contribution in [1.29, 1.82) is 0 Å². The van der Waals surface area contributed by atoms with E-state index < -0.39 is 12.8 Å². The largest absolute Gasteiger partial charge is 0.595 e. The smallest absolute Gasteiger partial charge is 0.310 e. The Balaban J connectivity index is 4.45. The number of hydrogen-bond donors (Lipinski definition) is 0. The molecule has 0 aliphatic heterocycles. The summed E-state index contributed by atoms with van der Waals surface area (Å²) in [5, 5.41) is 0. The van der Waals surface area contributed by atoms with Crippen molar-refractivity contribution >= 4 is 18.3 Å². The molecule has 2 nitrogen and oxygen atoms in total. The molecular weight excluding hydrogens is 175 g/mol. The van der Waals surface area contributed by atoms with Crippen molar-refractivity contribution in [3.05, 3.63) is 0 Å². The number of rotatable bonds is 4. The third-order valence-corrected chi connectivity index (χ3v) is 5.10. The van der Waals surface area contributed by atoms with E-state index in [2.05, 4.69) is 10.2 Å². The molecule has 0 spiro atoms. The van der Waals surface area contributed by atoms with Gasteiger partial charge in [0, 0.05) is 5.92 Å². The van der Waals surface area contributed by atoms with Gasteiger partial charge < -0.3 is 4.89 Å². The maximum atomic E-state index is 10.8. The molecular formula is C7H14O2PSi. The van der Waals surface area contributed by atoms with Crippen LogP contribution in [0.4, 0.5) is 0 Å². The predicted molar refractivity (Wildman–Crippen MR) is 45.8 cm³/mol. The van der Waals surface area contributed by atoms with Crippen LogP contribution in [0.1, 0.15) is 33.6 Å². The average molecular weight is 189 g/mol. The predicted octanol–water partition coefficient (Wildman–Crippen LogP) is 1.41. The Hall–Kier alpha value is 0.277. The zero-order valence-electron chi connectivity index (χ0n) is 7.26. The summed E-state index contributed by atoms with van der Waals surface area (Å²) in [6.07, 6.45) is 1.50. The molecule has 0 aliphatic carbocycles. The first-order chi connectivity index (χ1) is 4.99. The lowest BCUT2D eigenvalue weighted by atomic mass is 10.0. The second-order valence-corrected chi connectivity index (χ2v) is 5.47. The van der Waals surface area contributed by atoms with Gasteiger partial charge in [0.05, 0.1) is 0 Å². The molecule has 0 N–H and O–H groups in total. The summed E-state index contributed by atoms with van der Waals surface area (Å²) in [4.78, 5) is 10.8. The van der Waals surface area contributed by atoms with Crippen LogP contribution in [0.15, 0.2) is 0 Å². The van der Waals surface area contributed by atoms with E-state index >= 15 is 0 Å². The van der Waals surface area contributed by atoms with Gasteiger partial charge in [0.2, 0.25) is 0 Å². The molecule has 11 heavy (non-hydrogen) atoms. The second kappa shape index (κ2) is 4.34. The van der Waals surface area contributed by atoms with Crippen molar-refractivity contribution in [2.75, 3.05) is 0 Å². The van der Waals surface area contributed by atoms with Crippen LogP contribution >= 0.6 is 8.03 Å². The molecule has 0 amide bonds. The molecule has 63 valence electrons. The highest BCUT2D eigenvalue weighted by atomic mass is 31.1. The van der Waals surface area contributed by atoms with Crippen molar-refractivity contribution in [3.63, 3.8) is 0 Å². The fraction of sp³-hybridized carbons (Fsp3) is 1.00. The van der Waals surface area contributed by atoms with Gasteiger partial charge in [-0.1, -0.05) is 25.3 Å². The standard InChI is InChI=1S/C7H14O2PSi/c1-4-6(3)7(11,5-2)10(8)9/h6H,4-5H2,1-3H3. The van der Waals surface area contributed by atoms with Crippen LogP contribution in [0.3, 0.4) is 0 Å². The fourth-order valence-corrected chi connectivity index (χ4v) is 2.00. The zero-order valence-corrected chi connectivity index (χ0v) is 9.15. The first-order valence-electron chi connectivity index (χ1n) is 3.88. The molecule has 0 rings (SSSR count). The molecule has 4 heteroatoms. The molecule has 3 atom stereocenters. The van der Waals surface area contributed by atoms with Crippen LogP contribution in [-0.2, 0) is 4.57 Å². The van der Waals surface area contributed by atoms with E-state index in [4.69, 9.17) is 0 Å². The summed E-state index contributed by atoms with van der Waals surface area (Å²) in [5.74, 6) is 0.172. The van der Waals surface area contributed by atoms with E-state index in [1.165, 1.54) is 0 Å². The topological polar surface area (TPSA) is 40.1 Å². The lowest BCUT2D eigenvalue weighted by molar-refractivity contribution is -0.168. The zero-order chi connectivity index (χ0) is 9.07. The van der Waals surface area contributed by atoms with Gasteiger partial charge in [0.15, 0.2) is 0 Å². The van der Waals surface area contributed by atoms with Gasteiger partial charge in [-0.25, -0.2) is 0 Å². The summed E-state index contributed by atoms with van der Waals surface area (Å²) in [7, 11) is 0.954.